The number of aromatic amines is 1. The summed E-state index contributed by atoms with van der Waals surface area (Å²) in [4.78, 5) is 26.0. The molecule has 1 unspecified atom stereocenters. The van der Waals surface area contributed by atoms with Gasteiger partial charge < -0.3 is 9.47 Å². The summed E-state index contributed by atoms with van der Waals surface area (Å²) >= 11 is 0. The molecule has 2 aromatic heterocycles. The molecule has 0 saturated carbocycles. The van der Waals surface area contributed by atoms with Crippen molar-refractivity contribution >= 4 is 5.91 Å². The molecule has 1 aliphatic heterocycles. The highest BCUT2D eigenvalue weighted by Crippen LogP contribution is 2.28. The minimum atomic E-state index is -0.110. The Balaban J connectivity index is 1.79. The van der Waals surface area contributed by atoms with Crippen molar-refractivity contribution in [1.82, 2.24) is 19.7 Å². The third-order valence-corrected chi connectivity index (χ3v) is 4.32. The van der Waals surface area contributed by atoms with Gasteiger partial charge >= 0.3 is 0 Å². The van der Waals surface area contributed by atoms with Gasteiger partial charge in [0.2, 0.25) is 5.56 Å². The van der Waals surface area contributed by atoms with Crippen molar-refractivity contribution in [3.63, 3.8) is 0 Å². The molecule has 1 amide bonds. The van der Waals surface area contributed by atoms with Crippen LogP contribution in [-0.2, 0) is 7.05 Å². The van der Waals surface area contributed by atoms with E-state index in [2.05, 4.69) is 10.2 Å². The lowest BCUT2D eigenvalue weighted by atomic mass is 9.92. The first-order chi connectivity index (χ1) is 10.6. The zero-order chi connectivity index (χ0) is 15.7. The van der Waals surface area contributed by atoms with Crippen molar-refractivity contribution in [2.24, 2.45) is 7.05 Å². The predicted molar refractivity (Wildman–Crippen MR) is 82.9 cm³/mol. The summed E-state index contributed by atoms with van der Waals surface area (Å²) in [6.45, 7) is 3.47. The number of aromatic nitrogens is 3. The average Bonchev–Trinajstić information content (AvgIpc) is 2.95. The number of carbonyl (C=O) groups is 1. The van der Waals surface area contributed by atoms with Crippen molar-refractivity contribution in [1.29, 1.82) is 0 Å². The Morgan fingerprint density at radius 2 is 2.23 bits per heavy atom. The molecule has 0 radical (unpaired) electrons. The van der Waals surface area contributed by atoms with E-state index in [0.29, 0.717) is 18.0 Å². The van der Waals surface area contributed by atoms with Crippen molar-refractivity contribution in [3.8, 4) is 0 Å². The van der Waals surface area contributed by atoms with E-state index in [1.165, 1.54) is 10.6 Å². The van der Waals surface area contributed by atoms with Crippen LogP contribution >= 0.6 is 0 Å². The quantitative estimate of drug-likeness (QED) is 0.912. The molecule has 1 fully saturated rings. The monoisotopic (exact) mass is 300 g/mol. The smallest absolute Gasteiger partial charge is 0.255 e. The van der Waals surface area contributed by atoms with Gasteiger partial charge in [-0.05, 0) is 31.4 Å². The lowest BCUT2D eigenvalue weighted by Crippen LogP contribution is -2.39. The zero-order valence-electron chi connectivity index (χ0n) is 12.9. The average molecular weight is 300 g/mol. The van der Waals surface area contributed by atoms with Gasteiger partial charge in [-0.25, -0.2) is 0 Å². The van der Waals surface area contributed by atoms with Gasteiger partial charge in [-0.1, -0.05) is 0 Å². The molecule has 0 aromatic carbocycles. The molecule has 22 heavy (non-hydrogen) atoms. The topological polar surface area (TPSA) is 71.0 Å². The van der Waals surface area contributed by atoms with Gasteiger partial charge in [0, 0.05) is 44.0 Å². The number of piperidine rings is 1. The maximum Gasteiger partial charge on any atom is 0.255 e. The molecule has 1 aliphatic rings. The fraction of sp³-hybridized carbons (Fsp3) is 0.438. The predicted octanol–water partition coefficient (Wildman–Crippen LogP) is 1.44. The largest absolute Gasteiger partial charge is 0.338 e. The van der Waals surface area contributed by atoms with Gasteiger partial charge in [-0.3, -0.25) is 14.7 Å². The molecular weight excluding hydrogens is 280 g/mol. The van der Waals surface area contributed by atoms with Crippen LogP contribution < -0.4 is 5.56 Å². The van der Waals surface area contributed by atoms with Crippen LogP contribution in [0, 0.1) is 6.92 Å². The first-order valence-electron chi connectivity index (χ1n) is 7.52. The Morgan fingerprint density at radius 1 is 1.41 bits per heavy atom. The van der Waals surface area contributed by atoms with E-state index in [-0.39, 0.29) is 11.5 Å². The van der Waals surface area contributed by atoms with Gasteiger partial charge in [0.15, 0.2) is 0 Å². The van der Waals surface area contributed by atoms with Gasteiger partial charge in [0.25, 0.3) is 5.91 Å². The Labute approximate surface area is 128 Å². The third-order valence-electron chi connectivity index (χ3n) is 4.32. The zero-order valence-corrected chi connectivity index (χ0v) is 12.9. The number of carbonyl (C=O) groups excluding carboxylic acids is 1. The molecule has 1 atom stereocenters. The summed E-state index contributed by atoms with van der Waals surface area (Å²) in [6, 6.07) is 3.05. The normalized spacial score (nSPS) is 18.5. The Hall–Kier alpha value is -2.37. The highest BCUT2D eigenvalue weighted by atomic mass is 16.2. The second-order valence-electron chi connectivity index (χ2n) is 5.92. The molecule has 6 heteroatoms. The number of nitrogens with zero attached hydrogens (tertiary/aromatic N) is 3. The van der Waals surface area contributed by atoms with E-state index < -0.39 is 0 Å². The van der Waals surface area contributed by atoms with Crippen molar-refractivity contribution in [2.75, 3.05) is 13.1 Å². The van der Waals surface area contributed by atoms with Crippen molar-refractivity contribution in [3.05, 3.63) is 51.7 Å². The Morgan fingerprint density at radius 3 is 2.91 bits per heavy atom. The van der Waals surface area contributed by atoms with Crippen molar-refractivity contribution < 1.29 is 4.79 Å². The van der Waals surface area contributed by atoms with Crippen LogP contribution in [0.3, 0.4) is 0 Å². The van der Waals surface area contributed by atoms with Gasteiger partial charge in [0.05, 0.1) is 11.8 Å². The first-order valence-corrected chi connectivity index (χ1v) is 7.52. The van der Waals surface area contributed by atoms with Crippen molar-refractivity contribution in [2.45, 2.75) is 25.7 Å². The maximum atomic E-state index is 12.6. The summed E-state index contributed by atoms with van der Waals surface area (Å²) in [5.41, 5.74) is 2.71. The SMILES string of the molecule is Cc1cn[nH]c1C1CCCN(C(=O)c2ccc(=O)n(C)c2)C1. The number of hydrogen-bond donors (Lipinski definition) is 1. The number of H-pyrrole nitrogens is 1. The van der Waals surface area contributed by atoms with Crippen LogP contribution in [0.5, 0.6) is 0 Å². The van der Waals surface area contributed by atoms with E-state index >= 15 is 0 Å². The summed E-state index contributed by atoms with van der Waals surface area (Å²) in [7, 11) is 1.66. The molecule has 0 spiro atoms. The number of hydrogen-bond acceptors (Lipinski definition) is 3. The van der Waals surface area contributed by atoms with E-state index in [9.17, 15) is 9.59 Å². The van der Waals surface area contributed by atoms with Crippen LogP contribution in [0.15, 0.2) is 29.3 Å². The van der Waals surface area contributed by atoms with Gasteiger partial charge in [-0.15, -0.1) is 0 Å². The standard InChI is InChI=1S/C16H20N4O2/c1-11-8-17-18-15(11)12-4-3-7-20(10-12)16(22)13-5-6-14(21)19(2)9-13/h5-6,8-9,12H,3-4,7,10H2,1-2H3,(H,17,18). The van der Waals surface area contributed by atoms with E-state index in [4.69, 9.17) is 0 Å². The minimum absolute atomic E-state index is 0.0162. The second-order valence-corrected chi connectivity index (χ2v) is 5.92. The van der Waals surface area contributed by atoms with Gasteiger partial charge in [0.1, 0.15) is 0 Å². The molecule has 0 aliphatic carbocycles. The van der Waals surface area contributed by atoms with Gasteiger partial charge in [-0.2, -0.15) is 5.10 Å². The van der Waals surface area contributed by atoms with E-state index in [1.807, 2.05) is 18.0 Å². The number of rotatable bonds is 2. The van der Waals surface area contributed by atoms with Crippen LogP contribution in [0.25, 0.3) is 0 Å². The molecule has 2 aromatic rings. The van der Waals surface area contributed by atoms with Crippen LogP contribution in [0.4, 0.5) is 0 Å². The lowest BCUT2D eigenvalue weighted by Gasteiger charge is -2.32. The second kappa shape index (κ2) is 5.79. The fourth-order valence-electron chi connectivity index (χ4n) is 3.07. The summed E-state index contributed by atoms with van der Waals surface area (Å²) < 4.78 is 1.44. The summed E-state index contributed by atoms with van der Waals surface area (Å²) in [5, 5.41) is 7.14. The van der Waals surface area contributed by atoms with Crippen LogP contribution in [0.1, 0.15) is 40.4 Å². The molecule has 1 N–H and O–H groups in total. The first kappa shape index (κ1) is 14.6. The fourth-order valence-corrected chi connectivity index (χ4v) is 3.07. The number of nitrogens with one attached hydrogen (secondary N) is 1. The number of amides is 1. The number of pyridine rings is 1. The maximum absolute atomic E-state index is 12.6. The Kier molecular flexibility index (Phi) is 3.83. The molecule has 3 heterocycles. The summed E-state index contributed by atoms with van der Waals surface area (Å²) in [6.07, 6.45) is 5.46. The highest BCUT2D eigenvalue weighted by Gasteiger charge is 2.27. The number of likely N-dealkylation sites (tertiary alicyclic amines) is 1. The molecule has 3 rings (SSSR count). The highest BCUT2D eigenvalue weighted by molar-refractivity contribution is 5.94. The molecule has 116 valence electrons. The molecule has 6 nitrogen and oxygen atoms in total. The van der Waals surface area contributed by atoms with Crippen LogP contribution in [-0.4, -0.2) is 38.7 Å². The Bertz CT molecular complexity index is 747. The summed E-state index contributed by atoms with van der Waals surface area (Å²) in [5.74, 6) is 0.283. The molecule has 1 saturated heterocycles. The lowest BCUT2D eigenvalue weighted by molar-refractivity contribution is 0.0704. The third kappa shape index (κ3) is 2.68. The number of aryl methyl sites for hydroxylation is 2. The molecule has 0 bridgehead atoms. The van der Waals surface area contributed by atoms with E-state index in [1.54, 1.807) is 19.3 Å². The molecular formula is C16H20N4O2. The van der Waals surface area contributed by atoms with Crippen LogP contribution in [0.2, 0.25) is 0 Å². The minimum Gasteiger partial charge on any atom is -0.338 e. The van der Waals surface area contributed by atoms with E-state index in [0.717, 1.165) is 30.6 Å².